The van der Waals surface area contributed by atoms with Gasteiger partial charge < -0.3 is 20.8 Å². The molecule has 0 aliphatic carbocycles. The fraction of sp³-hybridized carbons (Fsp3) is 0.312. The van der Waals surface area contributed by atoms with Crippen LogP contribution in [0.4, 0.5) is 16.2 Å². The van der Waals surface area contributed by atoms with Crippen molar-refractivity contribution in [3.05, 3.63) is 33.6 Å². The van der Waals surface area contributed by atoms with Gasteiger partial charge in [-0.3, -0.25) is 0 Å². The third-order valence-electron chi connectivity index (χ3n) is 4.26. The van der Waals surface area contributed by atoms with E-state index < -0.39 is 27.8 Å². The highest BCUT2D eigenvalue weighted by Crippen LogP contribution is 2.41. The van der Waals surface area contributed by atoms with E-state index in [2.05, 4.69) is 10.6 Å². The summed E-state index contributed by atoms with van der Waals surface area (Å²) in [5, 5.41) is 26.3. The molecule has 12 heteroatoms. The first-order valence-corrected chi connectivity index (χ1v) is 11.3. The summed E-state index contributed by atoms with van der Waals surface area (Å²) in [4.78, 5) is 12.2. The van der Waals surface area contributed by atoms with Gasteiger partial charge in [0.2, 0.25) is 0 Å². The summed E-state index contributed by atoms with van der Waals surface area (Å²) in [6.45, 7) is -0.0271. The Morgan fingerprint density at radius 1 is 1.29 bits per heavy atom. The molecule has 2 heterocycles. The Morgan fingerprint density at radius 3 is 2.71 bits per heavy atom. The smallest absolute Gasteiger partial charge is 0.323 e. The predicted molar refractivity (Wildman–Crippen MR) is 109 cm³/mol. The minimum absolute atomic E-state index is 0.0565. The molecule has 1 fully saturated rings. The monoisotopic (exact) mass is 465 g/mol. The zero-order valence-corrected chi connectivity index (χ0v) is 17.5. The average Bonchev–Trinajstić information content (AvgIpc) is 3.27. The molecule has 28 heavy (non-hydrogen) atoms. The fourth-order valence-corrected chi connectivity index (χ4v) is 6.28. The first-order valence-electron chi connectivity index (χ1n) is 8.21. The van der Waals surface area contributed by atoms with Crippen LogP contribution in [0.15, 0.2) is 27.8 Å². The minimum Gasteiger partial charge on any atom is -0.504 e. The maximum Gasteiger partial charge on any atom is 0.323 e. The number of aliphatic hydroxyl groups is 1. The maximum atomic E-state index is 12.8. The first-order chi connectivity index (χ1) is 13.3. The molecule has 4 N–H and O–H groups in total. The molecule has 0 saturated carbocycles. The van der Waals surface area contributed by atoms with E-state index in [0.29, 0.717) is 12.8 Å². The molecule has 0 bridgehead atoms. The number of rotatable bonds is 5. The third kappa shape index (κ3) is 4.07. The van der Waals surface area contributed by atoms with Crippen molar-refractivity contribution in [3.63, 3.8) is 0 Å². The standard InChI is InChI=1S/C16H17Cl2N3O5S2/c17-10-4-1-5-11(13(10)18)19-16(24)20-12-8-27-15(14(12)23)28(25,26)21-6-2-3-9(21)7-22/h1,4-5,8-9,22-23H,2-3,6-7H2,(H2,19,20,24)/t9-/m0/s1. The number of benzene rings is 1. The van der Waals surface area contributed by atoms with Crippen molar-refractivity contribution in [2.45, 2.75) is 23.1 Å². The molecule has 152 valence electrons. The SMILES string of the molecule is O=C(Nc1csc(S(=O)(=O)N2CCC[C@H]2CO)c1O)Nc1cccc(Cl)c1Cl. The Kier molecular flexibility index (Phi) is 6.37. The van der Waals surface area contributed by atoms with Crippen LogP contribution >= 0.6 is 34.5 Å². The number of amides is 2. The third-order valence-corrected chi connectivity index (χ3v) is 8.52. The number of sulfonamides is 1. The Hall–Kier alpha value is -1.56. The van der Waals surface area contributed by atoms with Gasteiger partial charge in [0.05, 0.1) is 28.0 Å². The summed E-state index contributed by atoms with van der Waals surface area (Å²) in [5.74, 6) is -0.555. The molecule has 0 radical (unpaired) electrons. The van der Waals surface area contributed by atoms with E-state index in [1.165, 1.54) is 9.69 Å². The Labute approximate surface area is 175 Å². The summed E-state index contributed by atoms with van der Waals surface area (Å²) >= 11 is 12.7. The highest BCUT2D eigenvalue weighted by atomic mass is 35.5. The number of halogens is 2. The second kappa shape index (κ2) is 8.44. The van der Waals surface area contributed by atoms with Crippen LogP contribution in [0.5, 0.6) is 5.75 Å². The van der Waals surface area contributed by atoms with E-state index in [4.69, 9.17) is 23.2 Å². The van der Waals surface area contributed by atoms with Crippen molar-refractivity contribution in [1.82, 2.24) is 4.31 Å². The summed E-state index contributed by atoms with van der Waals surface area (Å²) in [6.07, 6.45) is 1.18. The number of carbonyl (C=O) groups excluding carboxylic acids is 1. The van der Waals surface area contributed by atoms with Crippen molar-refractivity contribution >= 4 is 62.0 Å². The molecule has 8 nitrogen and oxygen atoms in total. The molecule has 1 aromatic carbocycles. The molecule has 0 unspecified atom stereocenters. The Balaban J connectivity index is 1.77. The number of thiophene rings is 1. The molecular weight excluding hydrogens is 449 g/mol. The number of hydrogen-bond acceptors (Lipinski definition) is 6. The number of urea groups is 1. The summed E-state index contributed by atoms with van der Waals surface area (Å²) in [6, 6.07) is 3.46. The van der Waals surface area contributed by atoms with Gasteiger partial charge in [-0.15, -0.1) is 11.3 Å². The van der Waals surface area contributed by atoms with Crippen LogP contribution in [0.3, 0.4) is 0 Å². The number of nitrogens with one attached hydrogen (secondary N) is 2. The number of aromatic hydroxyl groups is 1. The summed E-state index contributed by atoms with van der Waals surface area (Å²) in [7, 11) is -3.99. The van der Waals surface area contributed by atoms with Crippen LogP contribution in [0.1, 0.15) is 12.8 Å². The van der Waals surface area contributed by atoms with Gasteiger partial charge in [-0.2, -0.15) is 4.31 Å². The zero-order chi connectivity index (χ0) is 20.5. The van der Waals surface area contributed by atoms with Crippen LogP contribution in [-0.2, 0) is 10.0 Å². The van der Waals surface area contributed by atoms with Gasteiger partial charge in [0.1, 0.15) is 0 Å². The molecule has 1 saturated heterocycles. The molecule has 1 aromatic heterocycles. The van der Waals surface area contributed by atoms with Gasteiger partial charge in [-0.05, 0) is 25.0 Å². The number of nitrogens with zero attached hydrogens (tertiary/aromatic N) is 1. The van der Waals surface area contributed by atoms with Crippen LogP contribution in [0.2, 0.25) is 10.0 Å². The van der Waals surface area contributed by atoms with Crippen molar-refractivity contribution in [3.8, 4) is 5.75 Å². The average molecular weight is 466 g/mol. The molecule has 2 amide bonds. The molecule has 1 atom stereocenters. The van der Waals surface area contributed by atoms with Crippen molar-refractivity contribution in [2.75, 3.05) is 23.8 Å². The second-order valence-corrected chi connectivity index (χ2v) is 9.81. The van der Waals surface area contributed by atoms with Gasteiger partial charge in [0, 0.05) is 18.0 Å². The number of hydrogen-bond donors (Lipinski definition) is 4. The quantitative estimate of drug-likeness (QED) is 0.538. The van der Waals surface area contributed by atoms with Crippen molar-refractivity contribution in [1.29, 1.82) is 0 Å². The molecule has 3 rings (SSSR count). The van der Waals surface area contributed by atoms with Gasteiger partial charge in [0.25, 0.3) is 10.0 Å². The lowest BCUT2D eigenvalue weighted by Crippen LogP contribution is -2.37. The van der Waals surface area contributed by atoms with Crippen LogP contribution in [0, 0.1) is 0 Å². The second-order valence-electron chi connectivity index (χ2n) is 6.06. The van der Waals surface area contributed by atoms with E-state index >= 15 is 0 Å². The predicted octanol–water partition coefficient (Wildman–Crippen LogP) is 3.55. The van der Waals surface area contributed by atoms with E-state index in [9.17, 15) is 23.4 Å². The fourth-order valence-electron chi connectivity index (χ4n) is 2.90. The van der Waals surface area contributed by atoms with Gasteiger partial charge >= 0.3 is 6.03 Å². The van der Waals surface area contributed by atoms with Gasteiger partial charge in [-0.1, -0.05) is 29.3 Å². The molecule has 1 aliphatic rings. The first kappa shape index (κ1) is 21.2. The summed E-state index contributed by atoms with van der Waals surface area (Å²) < 4.78 is 26.5. The molecule has 2 aromatic rings. The van der Waals surface area contributed by atoms with Gasteiger partial charge in [-0.25, -0.2) is 13.2 Å². The van der Waals surface area contributed by atoms with E-state index in [1.54, 1.807) is 18.2 Å². The number of aliphatic hydroxyl groups excluding tert-OH is 1. The summed E-state index contributed by atoms with van der Waals surface area (Å²) in [5.41, 5.74) is 0.205. The topological polar surface area (TPSA) is 119 Å². The highest BCUT2D eigenvalue weighted by Gasteiger charge is 2.38. The minimum atomic E-state index is -3.99. The lowest BCUT2D eigenvalue weighted by atomic mass is 10.2. The van der Waals surface area contributed by atoms with Crippen LogP contribution in [-0.4, -0.2) is 48.2 Å². The van der Waals surface area contributed by atoms with Crippen molar-refractivity contribution < 1.29 is 23.4 Å². The normalized spacial score (nSPS) is 17.6. The van der Waals surface area contributed by atoms with E-state index in [0.717, 1.165) is 11.3 Å². The Bertz CT molecular complexity index is 996. The van der Waals surface area contributed by atoms with E-state index in [1.807, 2.05) is 0 Å². The molecule has 0 spiro atoms. The van der Waals surface area contributed by atoms with Crippen LogP contribution in [0.25, 0.3) is 0 Å². The van der Waals surface area contributed by atoms with Crippen LogP contribution < -0.4 is 10.6 Å². The maximum absolute atomic E-state index is 12.8. The molecular formula is C16H17Cl2N3O5S2. The highest BCUT2D eigenvalue weighted by molar-refractivity contribution is 7.91. The lowest BCUT2D eigenvalue weighted by Gasteiger charge is -2.21. The zero-order valence-electron chi connectivity index (χ0n) is 14.4. The Morgan fingerprint density at radius 2 is 2.00 bits per heavy atom. The van der Waals surface area contributed by atoms with Crippen molar-refractivity contribution in [2.24, 2.45) is 0 Å². The lowest BCUT2D eigenvalue weighted by molar-refractivity contribution is 0.213. The number of anilines is 2. The van der Waals surface area contributed by atoms with E-state index in [-0.39, 0.29) is 38.8 Å². The molecule has 1 aliphatic heterocycles. The van der Waals surface area contributed by atoms with Gasteiger partial charge in [0.15, 0.2) is 9.96 Å². The number of carbonyl (C=O) groups is 1. The largest absolute Gasteiger partial charge is 0.504 e.